The van der Waals surface area contributed by atoms with Gasteiger partial charge in [-0.3, -0.25) is 9.69 Å². The van der Waals surface area contributed by atoms with Gasteiger partial charge in [0.1, 0.15) is 11.3 Å². The molecule has 146 valence electrons. The highest BCUT2D eigenvalue weighted by molar-refractivity contribution is 5.89. The van der Waals surface area contributed by atoms with Crippen LogP contribution in [-0.4, -0.2) is 54.9 Å². The molecular weight excluding hydrogens is 344 g/mol. The van der Waals surface area contributed by atoms with Gasteiger partial charge in [0.15, 0.2) is 0 Å². The Bertz CT molecular complexity index is 724. The number of carbonyl (C=O) groups excluding carboxylic acids is 1. The van der Waals surface area contributed by atoms with Crippen LogP contribution >= 0.6 is 0 Å². The molecule has 0 unspecified atom stereocenters. The molecule has 0 bridgehead atoms. The number of hydrogen-bond acceptors (Lipinski definition) is 6. The molecule has 0 atom stereocenters. The van der Waals surface area contributed by atoms with E-state index >= 15 is 0 Å². The molecule has 3 rings (SSSR count). The number of para-hydroxylation sites is 1. The Labute approximate surface area is 160 Å². The van der Waals surface area contributed by atoms with Crippen molar-refractivity contribution >= 4 is 11.6 Å². The number of nitrogens with one attached hydrogen (secondary N) is 2. The van der Waals surface area contributed by atoms with Crippen LogP contribution in [0.1, 0.15) is 24.3 Å². The zero-order valence-corrected chi connectivity index (χ0v) is 16.0. The van der Waals surface area contributed by atoms with E-state index in [9.17, 15) is 4.79 Å². The molecule has 0 spiro atoms. The van der Waals surface area contributed by atoms with Crippen molar-refractivity contribution in [3.63, 3.8) is 0 Å². The van der Waals surface area contributed by atoms with Crippen molar-refractivity contribution in [1.82, 2.24) is 15.4 Å². The van der Waals surface area contributed by atoms with Crippen molar-refractivity contribution in [3.05, 3.63) is 47.9 Å². The Morgan fingerprint density at radius 3 is 2.67 bits per heavy atom. The van der Waals surface area contributed by atoms with Gasteiger partial charge in [-0.05, 0) is 31.9 Å². The highest BCUT2D eigenvalue weighted by atomic mass is 16.5. The second-order valence-electron chi connectivity index (χ2n) is 7.03. The van der Waals surface area contributed by atoms with Crippen LogP contribution in [0, 0.1) is 6.92 Å². The lowest BCUT2D eigenvalue weighted by molar-refractivity contribution is -0.127. The molecule has 2 aromatic rings. The lowest BCUT2D eigenvalue weighted by Crippen LogP contribution is -2.58. The Kier molecular flexibility index (Phi) is 6.47. The van der Waals surface area contributed by atoms with Crippen LogP contribution in [0.2, 0.25) is 0 Å². The van der Waals surface area contributed by atoms with E-state index in [0.29, 0.717) is 13.2 Å². The minimum absolute atomic E-state index is 0.0281. The van der Waals surface area contributed by atoms with E-state index in [1.165, 1.54) is 0 Å². The Hall–Kier alpha value is -2.38. The smallest absolute Gasteiger partial charge is 0.245 e. The maximum atomic E-state index is 13.0. The van der Waals surface area contributed by atoms with Crippen molar-refractivity contribution < 1.29 is 14.1 Å². The topological polar surface area (TPSA) is 79.6 Å². The molecule has 0 saturated carbocycles. The first kappa shape index (κ1) is 19.4. The first-order chi connectivity index (χ1) is 13.1. The number of hydrogen-bond donors (Lipinski definition) is 2. The third-order valence-corrected chi connectivity index (χ3v) is 4.96. The van der Waals surface area contributed by atoms with Gasteiger partial charge in [-0.25, -0.2) is 0 Å². The number of carbonyl (C=O) groups is 1. The zero-order valence-electron chi connectivity index (χ0n) is 16.0. The summed E-state index contributed by atoms with van der Waals surface area (Å²) in [7, 11) is 1.63. The van der Waals surface area contributed by atoms with E-state index in [1.54, 1.807) is 7.11 Å². The molecule has 7 heteroatoms. The minimum atomic E-state index is -0.620. The van der Waals surface area contributed by atoms with Crippen LogP contribution in [0.3, 0.4) is 0 Å². The predicted molar refractivity (Wildman–Crippen MR) is 103 cm³/mol. The second kappa shape index (κ2) is 9.01. The third kappa shape index (κ3) is 5.08. The molecular formula is C20H28N4O3. The fraction of sp³-hybridized carbons (Fsp3) is 0.500. The molecule has 0 radical (unpaired) electrons. The molecule has 1 saturated heterocycles. The average Bonchev–Trinajstić information content (AvgIpc) is 3.09. The molecule has 2 heterocycles. The average molecular weight is 372 g/mol. The van der Waals surface area contributed by atoms with E-state index in [2.05, 4.69) is 20.7 Å². The summed E-state index contributed by atoms with van der Waals surface area (Å²) in [5.41, 5.74) is 1.27. The largest absolute Gasteiger partial charge is 0.383 e. The van der Waals surface area contributed by atoms with Gasteiger partial charge in [0.05, 0.1) is 12.3 Å². The summed E-state index contributed by atoms with van der Waals surface area (Å²) in [6.07, 6.45) is 1.44. The number of aryl methyl sites for hydroxylation is 1. The zero-order chi connectivity index (χ0) is 19.1. The number of benzene rings is 1. The number of methoxy groups -OCH3 is 1. The van der Waals surface area contributed by atoms with Crippen LogP contribution in [0.15, 0.2) is 40.9 Å². The second-order valence-corrected chi connectivity index (χ2v) is 7.03. The van der Waals surface area contributed by atoms with Gasteiger partial charge in [-0.15, -0.1) is 0 Å². The van der Waals surface area contributed by atoms with Crippen LogP contribution < -0.4 is 10.6 Å². The third-order valence-electron chi connectivity index (χ3n) is 4.96. The first-order valence-electron chi connectivity index (χ1n) is 9.36. The van der Waals surface area contributed by atoms with E-state index in [4.69, 9.17) is 9.26 Å². The summed E-state index contributed by atoms with van der Waals surface area (Å²) in [4.78, 5) is 15.3. The van der Waals surface area contributed by atoms with Gasteiger partial charge in [0.25, 0.3) is 0 Å². The standard InChI is InChI=1S/C20H28N4O3/c1-16-14-18(23-27-16)15-24-11-8-20(9-12-24,19(25)21-10-13-26-2)22-17-6-4-3-5-7-17/h3-7,14,22H,8-13,15H2,1-2H3,(H,21,25). The Morgan fingerprint density at radius 2 is 2.04 bits per heavy atom. The van der Waals surface area contributed by atoms with E-state index in [1.807, 2.05) is 43.3 Å². The minimum Gasteiger partial charge on any atom is -0.383 e. The quantitative estimate of drug-likeness (QED) is 0.692. The van der Waals surface area contributed by atoms with Crippen molar-refractivity contribution in [1.29, 1.82) is 0 Å². The lowest BCUT2D eigenvalue weighted by Gasteiger charge is -2.41. The van der Waals surface area contributed by atoms with Crippen molar-refractivity contribution in [2.24, 2.45) is 0 Å². The van der Waals surface area contributed by atoms with Gasteiger partial charge in [-0.2, -0.15) is 0 Å². The van der Waals surface area contributed by atoms with Gasteiger partial charge in [-0.1, -0.05) is 23.4 Å². The molecule has 1 aromatic carbocycles. The summed E-state index contributed by atoms with van der Waals surface area (Å²) in [6.45, 7) is 5.27. The number of piperidine rings is 1. The number of ether oxygens (including phenoxy) is 1. The van der Waals surface area contributed by atoms with Crippen molar-refractivity contribution in [2.75, 3.05) is 38.7 Å². The predicted octanol–water partition coefficient (Wildman–Crippen LogP) is 2.19. The van der Waals surface area contributed by atoms with Crippen LogP contribution in [-0.2, 0) is 16.1 Å². The lowest BCUT2D eigenvalue weighted by atomic mass is 9.85. The first-order valence-corrected chi connectivity index (χ1v) is 9.36. The Balaban J connectivity index is 1.66. The van der Waals surface area contributed by atoms with Crippen LogP contribution in [0.5, 0.6) is 0 Å². The van der Waals surface area contributed by atoms with Crippen molar-refractivity contribution in [3.8, 4) is 0 Å². The monoisotopic (exact) mass is 372 g/mol. The van der Waals surface area contributed by atoms with E-state index in [0.717, 1.165) is 49.6 Å². The van der Waals surface area contributed by atoms with E-state index < -0.39 is 5.54 Å². The maximum Gasteiger partial charge on any atom is 0.245 e. The summed E-state index contributed by atoms with van der Waals surface area (Å²) >= 11 is 0. The molecule has 1 aliphatic rings. The molecule has 2 N–H and O–H groups in total. The molecule has 1 aliphatic heterocycles. The highest BCUT2D eigenvalue weighted by Crippen LogP contribution is 2.28. The van der Waals surface area contributed by atoms with Gasteiger partial charge >= 0.3 is 0 Å². The van der Waals surface area contributed by atoms with E-state index in [-0.39, 0.29) is 5.91 Å². The SMILES string of the molecule is COCCNC(=O)C1(Nc2ccccc2)CCN(Cc2cc(C)on2)CC1. The fourth-order valence-electron chi connectivity index (χ4n) is 3.46. The molecule has 1 aromatic heterocycles. The summed E-state index contributed by atoms with van der Waals surface area (Å²) in [5, 5.41) is 10.6. The number of likely N-dealkylation sites (tertiary alicyclic amines) is 1. The summed E-state index contributed by atoms with van der Waals surface area (Å²) in [5.74, 6) is 0.847. The molecule has 1 fully saturated rings. The summed E-state index contributed by atoms with van der Waals surface area (Å²) < 4.78 is 10.2. The number of amides is 1. The van der Waals surface area contributed by atoms with Crippen LogP contribution in [0.25, 0.3) is 0 Å². The number of nitrogens with zero attached hydrogens (tertiary/aromatic N) is 2. The van der Waals surface area contributed by atoms with Gasteiger partial charge in [0, 0.05) is 45.0 Å². The number of rotatable bonds is 8. The van der Waals surface area contributed by atoms with Gasteiger partial charge < -0.3 is 19.9 Å². The van der Waals surface area contributed by atoms with Gasteiger partial charge in [0.2, 0.25) is 5.91 Å². The maximum absolute atomic E-state index is 13.0. The number of anilines is 1. The molecule has 7 nitrogen and oxygen atoms in total. The molecule has 1 amide bonds. The fourth-order valence-corrected chi connectivity index (χ4v) is 3.46. The van der Waals surface area contributed by atoms with Crippen LogP contribution in [0.4, 0.5) is 5.69 Å². The van der Waals surface area contributed by atoms with Crippen molar-refractivity contribution in [2.45, 2.75) is 31.8 Å². The highest BCUT2D eigenvalue weighted by Gasteiger charge is 2.41. The Morgan fingerprint density at radius 1 is 1.30 bits per heavy atom. The molecule has 27 heavy (non-hydrogen) atoms. The molecule has 0 aliphatic carbocycles. The normalized spacial score (nSPS) is 16.8. The number of aromatic nitrogens is 1. The summed E-state index contributed by atoms with van der Waals surface area (Å²) in [6, 6.07) is 11.9.